The quantitative estimate of drug-likeness (QED) is 0.526. The Morgan fingerprint density at radius 3 is 2.32 bits per heavy atom. The Morgan fingerprint density at radius 1 is 1.03 bits per heavy atom. The van der Waals surface area contributed by atoms with E-state index in [1.807, 2.05) is 11.8 Å². The molecule has 2 aromatic carbocycles. The molecule has 162 valence electrons. The van der Waals surface area contributed by atoms with Crippen molar-refractivity contribution in [1.82, 2.24) is 15.1 Å². The summed E-state index contributed by atoms with van der Waals surface area (Å²) in [7, 11) is 1.58. The van der Waals surface area contributed by atoms with Crippen LogP contribution < -0.4 is 15.4 Å². The third kappa shape index (κ3) is 6.56. The van der Waals surface area contributed by atoms with Crippen molar-refractivity contribution < 1.29 is 18.7 Å². The third-order valence-corrected chi connectivity index (χ3v) is 5.22. The van der Waals surface area contributed by atoms with Crippen LogP contribution >= 0.6 is 11.3 Å². The summed E-state index contributed by atoms with van der Waals surface area (Å²) in [6.07, 6.45) is 0. The summed E-state index contributed by atoms with van der Waals surface area (Å²) in [5.74, 6) is -0.253. The lowest BCUT2D eigenvalue weighted by Gasteiger charge is -2.18. The molecule has 0 aliphatic carbocycles. The van der Waals surface area contributed by atoms with E-state index in [9.17, 15) is 14.0 Å². The van der Waals surface area contributed by atoms with E-state index in [0.717, 1.165) is 11.3 Å². The van der Waals surface area contributed by atoms with E-state index in [1.54, 1.807) is 31.4 Å². The number of hydrogen-bond acceptors (Lipinski definition) is 7. The summed E-state index contributed by atoms with van der Waals surface area (Å²) in [4.78, 5) is 26.6. The maximum absolute atomic E-state index is 13.0. The van der Waals surface area contributed by atoms with Crippen LogP contribution in [0.1, 0.15) is 21.7 Å². The Balaban J connectivity index is 1.54. The number of rotatable bonds is 9. The summed E-state index contributed by atoms with van der Waals surface area (Å²) in [6.45, 7) is 3.10. The zero-order valence-electron chi connectivity index (χ0n) is 17.1. The normalized spacial score (nSPS) is 10.7. The van der Waals surface area contributed by atoms with Crippen LogP contribution in [0.3, 0.4) is 0 Å². The summed E-state index contributed by atoms with van der Waals surface area (Å²) in [6, 6.07) is 12.5. The van der Waals surface area contributed by atoms with E-state index < -0.39 is 5.91 Å². The second kappa shape index (κ2) is 10.6. The van der Waals surface area contributed by atoms with Gasteiger partial charge in [-0.1, -0.05) is 18.3 Å². The zero-order valence-corrected chi connectivity index (χ0v) is 17.9. The van der Waals surface area contributed by atoms with Crippen molar-refractivity contribution in [3.8, 4) is 5.75 Å². The fraction of sp³-hybridized carbons (Fsp3) is 0.238. The second-order valence-corrected chi connectivity index (χ2v) is 7.60. The van der Waals surface area contributed by atoms with Gasteiger partial charge in [-0.2, -0.15) is 0 Å². The maximum Gasteiger partial charge on any atom is 0.286 e. The maximum atomic E-state index is 13.0. The summed E-state index contributed by atoms with van der Waals surface area (Å²) >= 11 is 1.15. The topological polar surface area (TPSA) is 96.5 Å². The Labute approximate surface area is 183 Å². The smallest absolute Gasteiger partial charge is 0.286 e. The van der Waals surface area contributed by atoms with E-state index >= 15 is 0 Å². The molecule has 3 rings (SSSR count). The highest BCUT2D eigenvalue weighted by molar-refractivity contribution is 7.13. The van der Waals surface area contributed by atoms with Crippen molar-refractivity contribution in [1.29, 1.82) is 0 Å². The van der Waals surface area contributed by atoms with Gasteiger partial charge < -0.3 is 15.4 Å². The Kier molecular flexibility index (Phi) is 7.63. The molecule has 3 aromatic rings. The van der Waals surface area contributed by atoms with Crippen LogP contribution in [0.4, 0.5) is 15.8 Å². The largest absolute Gasteiger partial charge is 0.497 e. The number of aromatic nitrogens is 2. The molecule has 0 atom stereocenters. The molecule has 0 aliphatic rings. The van der Waals surface area contributed by atoms with Gasteiger partial charge in [0.2, 0.25) is 10.9 Å². The molecule has 1 heterocycles. The molecule has 0 saturated carbocycles. The fourth-order valence-electron chi connectivity index (χ4n) is 2.68. The van der Waals surface area contributed by atoms with Crippen molar-refractivity contribution in [3.63, 3.8) is 0 Å². The van der Waals surface area contributed by atoms with Gasteiger partial charge in [0.25, 0.3) is 5.91 Å². The van der Waals surface area contributed by atoms with Crippen molar-refractivity contribution in [2.24, 2.45) is 0 Å². The number of ether oxygens (including phenoxy) is 1. The average Bonchev–Trinajstić information content (AvgIpc) is 3.24. The number of methoxy groups -OCH3 is 1. The van der Waals surface area contributed by atoms with E-state index in [1.165, 1.54) is 24.3 Å². The van der Waals surface area contributed by atoms with Crippen molar-refractivity contribution in [2.75, 3.05) is 30.8 Å². The van der Waals surface area contributed by atoms with Crippen LogP contribution in [-0.2, 0) is 11.3 Å². The standard InChI is InChI=1S/C21H22FN5O3S/c1-3-27(12-18(28)23-15-8-10-17(30-2)11-9-15)13-19-25-26-21(31-19)20(29)24-16-6-4-14(22)5-7-16/h4-11H,3,12-13H2,1-2H3,(H,23,28)(H,24,29). The van der Waals surface area contributed by atoms with Gasteiger partial charge in [-0.25, -0.2) is 4.39 Å². The highest BCUT2D eigenvalue weighted by Gasteiger charge is 2.16. The first-order valence-electron chi connectivity index (χ1n) is 9.52. The molecule has 2 amide bonds. The molecule has 0 aliphatic heterocycles. The zero-order chi connectivity index (χ0) is 22.2. The van der Waals surface area contributed by atoms with Gasteiger partial charge in [0.15, 0.2) is 0 Å². The Hall–Kier alpha value is -3.37. The average molecular weight is 444 g/mol. The lowest BCUT2D eigenvalue weighted by Crippen LogP contribution is -2.32. The molecule has 0 saturated heterocycles. The first-order valence-corrected chi connectivity index (χ1v) is 10.3. The van der Waals surface area contributed by atoms with Crippen LogP contribution in [0.2, 0.25) is 0 Å². The van der Waals surface area contributed by atoms with Gasteiger partial charge in [0.05, 0.1) is 20.2 Å². The summed E-state index contributed by atoms with van der Waals surface area (Å²) < 4.78 is 18.1. The van der Waals surface area contributed by atoms with Crippen LogP contribution in [0, 0.1) is 5.82 Å². The van der Waals surface area contributed by atoms with Gasteiger partial charge in [-0.15, -0.1) is 10.2 Å². The number of benzene rings is 2. The Morgan fingerprint density at radius 2 is 1.68 bits per heavy atom. The monoisotopic (exact) mass is 443 g/mol. The summed E-state index contributed by atoms with van der Waals surface area (Å²) in [5, 5.41) is 14.3. The van der Waals surface area contributed by atoms with Crippen molar-refractivity contribution >= 4 is 34.5 Å². The molecule has 31 heavy (non-hydrogen) atoms. The second-order valence-electron chi connectivity index (χ2n) is 6.54. The fourth-order valence-corrected chi connectivity index (χ4v) is 3.45. The lowest BCUT2D eigenvalue weighted by molar-refractivity contribution is -0.117. The van der Waals surface area contributed by atoms with Gasteiger partial charge in [0, 0.05) is 11.4 Å². The minimum Gasteiger partial charge on any atom is -0.497 e. The molecule has 0 unspecified atom stereocenters. The summed E-state index contributed by atoms with van der Waals surface area (Å²) in [5.41, 5.74) is 1.14. The van der Waals surface area contributed by atoms with Gasteiger partial charge in [0.1, 0.15) is 16.6 Å². The molecular formula is C21H22FN5O3S. The number of nitrogens with one attached hydrogen (secondary N) is 2. The number of anilines is 2. The first kappa shape index (κ1) is 22.3. The van der Waals surface area contributed by atoms with Gasteiger partial charge in [-0.3, -0.25) is 14.5 Å². The predicted molar refractivity (Wildman–Crippen MR) is 117 cm³/mol. The van der Waals surface area contributed by atoms with E-state index in [-0.39, 0.29) is 23.3 Å². The van der Waals surface area contributed by atoms with E-state index in [0.29, 0.717) is 35.2 Å². The SMILES string of the molecule is CCN(CC(=O)Nc1ccc(OC)cc1)Cc1nnc(C(=O)Nc2ccc(F)cc2)s1. The molecule has 0 spiro atoms. The number of carbonyl (C=O) groups is 2. The van der Waals surface area contributed by atoms with E-state index in [4.69, 9.17) is 4.74 Å². The molecule has 0 radical (unpaired) electrons. The lowest BCUT2D eigenvalue weighted by atomic mass is 10.3. The highest BCUT2D eigenvalue weighted by atomic mass is 32.1. The predicted octanol–water partition coefficient (Wildman–Crippen LogP) is 3.40. The van der Waals surface area contributed by atoms with Crippen LogP contribution in [0.5, 0.6) is 5.75 Å². The van der Waals surface area contributed by atoms with Crippen LogP contribution in [0.15, 0.2) is 48.5 Å². The molecule has 2 N–H and O–H groups in total. The Bertz CT molecular complexity index is 1020. The molecule has 8 nitrogen and oxygen atoms in total. The van der Waals surface area contributed by atoms with Crippen molar-refractivity contribution in [3.05, 3.63) is 64.4 Å². The molecule has 0 bridgehead atoms. The highest BCUT2D eigenvalue weighted by Crippen LogP contribution is 2.17. The molecule has 1 aromatic heterocycles. The first-order chi connectivity index (χ1) is 15.0. The van der Waals surface area contributed by atoms with Crippen LogP contribution in [-0.4, -0.2) is 47.1 Å². The number of nitrogens with zero attached hydrogens (tertiary/aromatic N) is 3. The van der Waals surface area contributed by atoms with Crippen molar-refractivity contribution in [2.45, 2.75) is 13.5 Å². The number of hydrogen-bond donors (Lipinski definition) is 2. The molecule has 0 fully saturated rings. The number of likely N-dealkylation sites (N-methyl/N-ethyl adjacent to an activating group) is 1. The van der Waals surface area contributed by atoms with Crippen LogP contribution in [0.25, 0.3) is 0 Å². The third-order valence-electron chi connectivity index (χ3n) is 4.31. The van der Waals surface area contributed by atoms with Gasteiger partial charge >= 0.3 is 0 Å². The van der Waals surface area contributed by atoms with E-state index in [2.05, 4.69) is 20.8 Å². The minimum absolute atomic E-state index is 0.161. The number of halogens is 1. The molecule has 10 heteroatoms. The number of carbonyl (C=O) groups excluding carboxylic acids is 2. The van der Waals surface area contributed by atoms with Gasteiger partial charge in [-0.05, 0) is 55.1 Å². The minimum atomic E-state index is -0.421. The molecular weight excluding hydrogens is 421 g/mol. The number of amides is 2.